The first-order valence-corrected chi connectivity index (χ1v) is 7.37. The molecule has 0 saturated carbocycles. The van der Waals surface area contributed by atoms with Gasteiger partial charge in [-0.3, -0.25) is 9.36 Å². The summed E-state index contributed by atoms with van der Waals surface area (Å²) in [5.41, 5.74) is 1.61. The standard InChI is InChI=1S/C18H19N3O.ClH/c1-20(2)13-12-17-19-16-11-7-6-10-15(16)18(22)21(17)14-8-4-3-5-9-14;/h3-11H,12-13H2,1-2H3;1H. The maximum Gasteiger partial charge on any atom is 0.265 e. The molecule has 120 valence electrons. The van der Waals surface area contributed by atoms with E-state index in [-0.39, 0.29) is 18.0 Å². The van der Waals surface area contributed by atoms with Crippen LogP contribution in [0.15, 0.2) is 59.4 Å². The molecule has 3 aromatic rings. The van der Waals surface area contributed by atoms with E-state index in [0.29, 0.717) is 5.39 Å². The molecule has 0 amide bonds. The third-order valence-corrected chi connectivity index (χ3v) is 3.64. The number of hydrogen-bond donors (Lipinski definition) is 0. The summed E-state index contributed by atoms with van der Waals surface area (Å²) in [6, 6.07) is 17.2. The molecule has 1 aromatic heterocycles. The molecule has 0 spiro atoms. The van der Waals surface area contributed by atoms with Crippen LogP contribution >= 0.6 is 12.4 Å². The summed E-state index contributed by atoms with van der Waals surface area (Å²) in [6.45, 7) is 0.845. The highest BCUT2D eigenvalue weighted by Gasteiger charge is 2.12. The van der Waals surface area contributed by atoms with Gasteiger partial charge < -0.3 is 4.90 Å². The predicted molar refractivity (Wildman–Crippen MR) is 96.8 cm³/mol. The lowest BCUT2D eigenvalue weighted by molar-refractivity contribution is 0.408. The van der Waals surface area contributed by atoms with Crippen molar-refractivity contribution in [3.8, 4) is 5.69 Å². The number of para-hydroxylation sites is 2. The largest absolute Gasteiger partial charge is 0.309 e. The monoisotopic (exact) mass is 329 g/mol. The van der Waals surface area contributed by atoms with Gasteiger partial charge >= 0.3 is 0 Å². The molecule has 0 bridgehead atoms. The summed E-state index contributed by atoms with van der Waals surface area (Å²) in [6.07, 6.45) is 0.724. The summed E-state index contributed by atoms with van der Waals surface area (Å²) in [5, 5.41) is 0.653. The molecule has 5 heteroatoms. The number of aromatic nitrogens is 2. The Hall–Kier alpha value is -2.17. The van der Waals surface area contributed by atoms with Crippen LogP contribution in [0.3, 0.4) is 0 Å². The van der Waals surface area contributed by atoms with Crippen molar-refractivity contribution in [1.29, 1.82) is 0 Å². The molecule has 0 aliphatic heterocycles. The molecule has 23 heavy (non-hydrogen) atoms. The zero-order valence-corrected chi connectivity index (χ0v) is 14.1. The van der Waals surface area contributed by atoms with Crippen LogP contribution in [0, 0.1) is 0 Å². The molecule has 3 rings (SSSR count). The van der Waals surface area contributed by atoms with Crippen molar-refractivity contribution < 1.29 is 0 Å². The lowest BCUT2D eigenvalue weighted by atomic mass is 10.2. The van der Waals surface area contributed by atoms with E-state index in [2.05, 4.69) is 4.90 Å². The van der Waals surface area contributed by atoms with E-state index in [0.717, 1.165) is 30.0 Å². The molecule has 0 radical (unpaired) electrons. The molecule has 4 nitrogen and oxygen atoms in total. The van der Waals surface area contributed by atoms with E-state index in [4.69, 9.17) is 4.98 Å². The van der Waals surface area contributed by atoms with Gasteiger partial charge in [-0.2, -0.15) is 0 Å². The highest BCUT2D eigenvalue weighted by atomic mass is 35.5. The summed E-state index contributed by atoms with van der Waals surface area (Å²) in [7, 11) is 4.04. The van der Waals surface area contributed by atoms with Gasteiger partial charge in [0.2, 0.25) is 0 Å². The van der Waals surface area contributed by atoms with Crippen molar-refractivity contribution >= 4 is 23.3 Å². The van der Waals surface area contributed by atoms with E-state index >= 15 is 0 Å². The van der Waals surface area contributed by atoms with Crippen molar-refractivity contribution in [3.05, 3.63) is 70.8 Å². The van der Waals surface area contributed by atoms with Crippen LogP contribution in [0.2, 0.25) is 0 Å². The first-order chi connectivity index (χ1) is 10.7. The summed E-state index contributed by atoms with van der Waals surface area (Å²) < 4.78 is 1.73. The first-order valence-electron chi connectivity index (χ1n) is 7.37. The highest BCUT2D eigenvalue weighted by Crippen LogP contribution is 2.13. The topological polar surface area (TPSA) is 38.1 Å². The Morgan fingerprint density at radius 3 is 2.35 bits per heavy atom. The maximum atomic E-state index is 12.9. The molecular weight excluding hydrogens is 310 g/mol. The van der Waals surface area contributed by atoms with Gasteiger partial charge in [0, 0.05) is 13.0 Å². The van der Waals surface area contributed by atoms with E-state index in [1.807, 2.05) is 68.7 Å². The minimum Gasteiger partial charge on any atom is -0.309 e. The second-order valence-corrected chi connectivity index (χ2v) is 5.57. The number of hydrogen-bond acceptors (Lipinski definition) is 3. The number of rotatable bonds is 4. The minimum atomic E-state index is -0.00874. The fourth-order valence-electron chi connectivity index (χ4n) is 2.51. The molecule has 0 aliphatic rings. The van der Waals surface area contributed by atoms with Gasteiger partial charge in [-0.15, -0.1) is 12.4 Å². The van der Waals surface area contributed by atoms with Gasteiger partial charge in [-0.25, -0.2) is 4.98 Å². The number of nitrogens with zero attached hydrogens (tertiary/aromatic N) is 3. The smallest absolute Gasteiger partial charge is 0.265 e. The average molecular weight is 330 g/mol. The Kier molecular flexibility index (Phi) is 5.53. The highest BCUT2D eigenvalue weighted by molar-refractivity contribution is 5.85. The summed E-state index contributed by atoms with van der Waals surface area (Å²) in [5.74, 6) is 0.795. The normalized spacial score (nSPS) is 10.7. The van der Waals surface area contributed by atoms with Crippen LogP contribution in [0.5, 0.6) is 0 Å². The summed E-state index contributed by atoms with van der Waals surface area (Å²) in [4.78, 5) is 19.7. The first kappa shape index (κ1) is 17.2. The Balaban J connectivity index is 0.00000192. The van der Waals surface area contributed by atoms with Crippen LogP contribution in [0.4, 0.5) is 0 Å². The van der Waals surface area contributed by atoms with Gasteiger partial charge in [-0.1, -0.05) is 30.3 Å². The van der Waals surface area contributed by atoms with Crippen LogP contribution in [0.25, 0.3) is 16.6 Å². The number of fused-ring (bicyclic) bond motifs is 1. The zero-order valence-electron chi connectivity index (χ0n) is 13.3. The minimum absolute atomic E-state index is 0. The SMILES string of the molecule is CN(C)CCc1nc2ccccc2c(=O)n1-c1ccccc1.Cl. The van der Waals surface area contributed by atoms with Gasteiger partial charge in [0.05, 0.1) is 16.6 Å². The molecule has 2 aromatic carbocycles. The van der Waals surface area contributed by atoms with Gasteiger partial charge in [0.15, 0.2) is 0 Å². The lowest BCUT2D eigenvalue weighted by Gasteiger charge is -2.15. The van der Waals surface area contributed by atoms with Crippen molar-refractivity contribution in [2.75, 3.05) is 20.6 Å². The van der Waals surface area contributed by atoms with Crippen molar-refractivity contribution in [3.63, 3.8) is 0 Å². The van der Waals surface area contributed by atoms with Crippen LogP contribution < -0.4 is 5.56 Å². The third kappa shape index (κ3) is 3.60. The average Bonchev–Trinajstić information content (AvgIpc) is 2.54. The third-order valence-electron chi connectivity index (χ3n) is 3.64. The lowest BCUT2D eigenvalue weighted by Crippen LogP contribution is -2.26. The van der Waals surface area contributed by atoms with Gasteiger partial charge in [-0.05, 0) is 38.4 Å². The molecule has 0 saturated heterocycles. The number of likely N-dealkylation sites (N-methyl/N-ethyl adjacent to an activating group) is 1. The fourth-order valence-corrected chi connectivity index (χ4v) is 2.51. The van der Waals surface area contributed by atoms with Gasteiger partial charge in [0.25, 0.3) is 5.56 Å². The molecule has 1 heterocycles. The van der Waals surface area contributed by atoms with E-state index in [1.54, 1.807) is 4.57 Å². The predicted octanol–water partition coefficient (Wildman–Crippen LogP) is 2.91. The van der Waals surface area contributed by atoms with E-state index in [9.17, 15) is 4.79 Å². The molecular formula is C18H20ClN3O. The number of halogens is 1. The molecule has 0 atom stereocenters. The van der Waals surface area contributed by atoms with Crippen LogP contribution in [0.1, 0.15) is 5.82 Å². The molecule has 0 N–H and O–H groups in total. The van der Waals surface area contributed by atoms with Crippen molar-refractivity contribution in [2.24, 2.45) is 0 Å². The zero-order chi connectivity index (χ0) is 15.5. The fraction of sp³-hybridized carbons (Fsp3) is 0.222. The second-order valence-electron chi connectivity index (χ2n) is 5.57. The Labute approximate surface area is 141 Å². The quantitative estimate of drug-likeness (QED) is 0.738. The Bertz CT molecular complexity index is 844. The van der Waals surface area contributed by atoms with Crippen LogP contribution in [-0.4, -0.2) is 35.1 Å². The molecule has 0 unspecified atom stereocenters. The Morgan fingerprint density at radius 2 is 1.65 bits per heavy atom. The second kappa shape index (κ2) is 7.40. The number of benzene rings is 2. The molecule has 0 aliphatic carbocycles. The van der Waals surface area contributed by atoms with Gasteiger partial charge in [0.1, 0.15) is 5.82 Å². The van der Waals surface area contributed by atoms with Crippen molar-refractivity contribution in [2.45, 2.75) is 6.42 Å². The molecule has 0 fully saturated rings. The van der Waals surface area contributed by atoms with E-state index < -0.39 is 0 Å². The Morgan fingerprint density at radius 1 is 1.00 bits per heavy atom. The maximum absolute atomic E-state index is 12.9. The van der Waals surface area contributed by atoms with Crippen LogP contribution in [-0.2, 0) is 6.42 Å². The van der Waals surface area contributed by atoms with E-state index in [1.165, 1.54) is 0 Å². The summed E-state index contributed by atoms with van der Waals surface area (Å²) >= 11 is 0. The van der Waals surface area contributed by atoms with Crippen molar-refractivity contribution in [1.82, 2.24) is 14.5 Å².